The molecule has 2 aromatic rings. The zero-order valence-electron chi connectivity index (χ0n) is 12.6. The number of anilines is 1. The third-order valence-corrected chi connectivity index (χ3v) is 7.03. The highest BCUT2D eigenvalue weighted by Gasteiger charge is 2.40. The minimum atomic E-state index is -4.19. The molecule has 0 saturated carbocycles. The highest BCUT2D eigenvalue weighted by molar-refractivity contribution is 9.11. The highest BCUT2D eigenvalue weighted by Crippen LogP contribution is 2.30. The van der Waals surface area contributed by atoms with E-state index in [0.29, 0.717) is 20.4 Å². The first-order chi connectivity index (χ1) is 11.7. The van der Waals surface area contributed by atoms with Crippen molar-refractivity contribution in [3.63, 3.8) is 0 Å². The van der Waals surface area contributed by atoms with Gasteiger partial charge in [-0.25, -0.2) is 8.42 Å². The lowest BCUT2D eigenvalue weighted by atomic mass is 9.75. The van der Waals surface area contributed by atoms with Crippen molar-refractivity contribution in [1.82, 2.24) is 4.33 Å². The first kappa shape index (κ1) is 18.4. The molecule has 0 unspecified atom stereocenters. The van der Waals surface area contributed by atoms with E-state index in [1.807, 2.05) is 0 Å². The summed E-state index contributed by atoms with van der Waals surface area (Å²) in [7, 11) is -5.65. The molecule has 0 saturated heterocycles. The molecule has 1 aromatic heterocycles. The Kier molecular flexibility index (Phi) is 4.95. The number of nitrogens with one attached hydrogen (secondary N) is 1. The predicted octanol–water partition coefficient (Wildman–Crippen LogP) is 1.85. The molecule has 1 amide bonds. The number of benzene rings is 1. The molecular formula is C13H10BBrClN3O4S2. The average molecular weight is 463 g/mol. The Balaban J connectivity index is 1.98. The van der Waals surface area contributed by atoms with Crippen molar-refractivity contribution in [3.05, 3.63) is 38.0 Å². The van der Waals surface area contributed by atoms with Crippen LogP contribution in [0.5, 0.6) is 0 Å². The molecule has 1 aromatic carbocycles. The summed E-state index contributed by atoms with van der Waals surface area (Å²) in [5.74, 6) is -0.307. The van der Waals surface area contributed by atoms with Crippen molar-refractivity contribution in [2.45, 2.75) is 11.8 Å². The molecule has 130 valence electrons. The lowest BCUT2D eigenvalue weighted by Crippen LogP contribution is -2.51. The second-order valence-electron chi connectivity index (χ2n) is 5.09. The maximum Gasteiger partial charge on any atom is 0.485 e. The third kappa shape index (κ3) is 3.47. The highest BCUT2D eigenvalue weighted by atomic mass is 79.9. The van der Waals surface area contributed by atoms with Crippen LogP contribution in [0.1, 0.15) is 11.8 Å². The van der Waals surface area contributed by atoms with Crippen LogP contribution in [0.3, 0.4) is 0 Å². The maximum absolute atomic E-state index is 12.8. The second kappa shape index (κ2) is 6.73. The van der Waals surface area contributed by atoms with Gasteiger partial charge in [-0.3, -0.25) is 4.79 Å². The van der Waals surface area contributed by atoms with E-state index in [2.05, 4.69) is 26.3 Å². The normalized spacial score (nSPS) is 13.8. The van der Waals surface area contributed by atoms with Gasteiger partial charge < -0.3 is 10.3 Å². The van der Waals surface area contributed by atoms with Crippen LogP contribution in [0.25, 0.3) is 0 Å². The SMILES string of the molecule is CC(=O)Nc1ccc(S(=O)(=O)N2N=Cc3sc(Br)cc3B2O)c(Cl)c1. The fourth-order valence-corrected chi connectivity index (χ4v) is 5.58. The van der Waals surface area contributed by atoms with Crippen LogP contribution in [0.4, 0.5) is 5.69 Å². The smallest absolute Gasteiger partial charge is 0.427 e. The summed E-state index contributed by atoms with van der Waals surface area (Å²) in [5, 5.41) is 16.7. The van der Waals surface area contributed by atoms with Crippen molar-refractivity contribution in [2.75, 3.05) is 5.32 Å². The van der Waals surface area contributed by atoms with Gasteiger partial charge in [0.1, 0.15) is 4.90 Å². The molecule has 7 nitrogen and oxygen atoms in total. The lowest BCUT2D eigenvalue weighted by molar-refractivity contribution is -0.114. The van der Waals surface area contributed by atoms with Crippen LogP contribution in [0.15, 0.2) is 38.0 Å². The summed E-state index contributed by atoms with van der Waals surface area (Å²) in [5.41, 5.74) is 0.796. The molecule has 0 atom stereocenters. The molecule has 25 heavy (non-hydrogen) atoms. The summed E-state index contributed by atoms with van der Waals surface area (Å²) in [6, 6.07) is 5.62. The molecule has 3 rings (SSSR count). The quantitative estimate of drug-likeness (QED) is 0.680. The first-order valence-electron chi connectivity index (χ1n) is 6.83. The van der Waals surface area contributed by atoms with Gasteiger partial charge >= 0.3 is 7.05 Å². The molecule has 1 aliphatic rings. The van der Waals surface area contributed by atoms with Crippen molar-refractivity contribution in [2.24, 2.45) is 5.10 Å². The Morgan fingerprint density at radius 2 is 2.16 bits per heavy atom. The molecule has 0 spiro atoms. The van der Waals surface area contributed by atoms with E-state index in [0.717, 1.165) is 3.79 Å². The average Bonchev–Trinajstić information content (AvgIpc) is 2.88. The van der Waals surface area contributed by atoms with Gasteiger partial charge in [-0.2, -0.15) is 9.43 Å². The number of nitrogens with zero attached hydrogens (tertiary/aromatic N) is 2. The summed E-state index contributed by atoms with van der Waals surface area (Å²) >= 11 is 10.7. The van der Waals surface area contributed by atoms with Gasteiger partial charge in [0.05, 0.1) is 15.0 Å². The molecule has 0 bridgehead atoms. The molecule has 0 fully saturated rings. The number of hydrogen-bond acceptors (Lipinski definition) is 6. The summed E-state index contributed by atoms with van der Waals surface area (Å²) < 4.78 is 27.0. The number of amides is 1. The number of carbonyl (C=O) groups is 1. The number of sulfonamides is 1. The number of rotatable bonds is 3. The predicted molar refractivity (Wildman–Crippen MR) is 102 cm³/mol. The zero-order chi connectivity index (χ0) is 18.4. The van der Waals surface area contributed by atoms with Gasteiger partial charge in [0.25, 0.3) is 10.0 Å². The van der Waals surface area contributed by atoms with Gasteiger partial charge in [0, 0.05) is 17.5 Å². The lowest BCUT2D eigenvalue weighted by Gasteiger charge is -2.24. The van der Waals surface area contributed by atoms with Crippen LogP contribution >= 0.6 is 38.9 Å². The molecular weight excluding hydrogens is 452 g/mol. The third-order valence-electron chi connectivity index (χ3n) is 3.31. The van der Waals surface area contributed by atoms with Gasteiger partial charge in [-0.1, -0.05) is 11.6 Å². The Hall–Kier alpha value is -1.40. The maximum atomic E-state index is 12.8. The summed E-state index contributed by atoms with van der Waals surface area (Å²) in [6.07, 6.45) is 1.37. The number of fused-ring (bicyclic) bond motifs is 1. The first-order valence-corrected chi connectivity index (χ1v) is 10.3. The standard InChI is InChI=1S/C13H10BBrClN3O4S2/c1-7(20)18-8-2-3-12(10(16)4-8)25(22,23)19-14(21)9-5-13(15)24-11(9)6-17-19/h2-6,21H,1H3,(H,18,20). The largest absolute Gasteiger partial charge is 0.485 e. The van der Waals surface area contributed by atoms with Crippen LogP contribution < -0.4 is 10.8 Å². The van der Waals surface area contributed by atoms with Crippen LogP contribution in [0, 0.1) is 0 Å². The fraction of sp³-hybridized carbons (Fsp3) is 0.0769. The molecule has 0 aliphatic carbocycles. The number of thiophene rings is 1. The number of hydrazone groups is 1. The molecule has 0 radical (unpaired) electrons. The monoisotopic (exact) mass is 461 g/mol. The topological polar surface area (TPSA) is 99.1 Å². The van der Waals surface area contributed by atoms with Crippen molar-refractivity contribution in [1.29, 1.82) is 0 Å². The van der Waals surface area contributed by atoms with Crippen LogP contribution in [-0.2, 0) is 14.8 Å². The number of hydrogen-bond donors (Lipinski definition) is 2. The summed E-state index contributed by atoms with van der Waals surface area (Å²) in [4.78, 5) is 11.5. The number of halogens is 2. The van der Waals surface area contributed by atoms with Crippen molar-refractivity contribution < 1.29 is 18.2 Å². The van der Waals surface area contributed by atoms with Crippen LogP contribution in [0.2, 0.25) is 5.02 Å². The Labute approximate surface area is 161 Å². The molecule has 12 heteroatoms. The van der Waals surface area contributed by atoms with E-state index >= 15 is 0 Å². The van der Waals surface area contributed by atoms with Crippen LogP contribution in [-0.4, -0.2) is 36.9 Å². The van der Waals surface area contributed by atoms with E-state index in [9.17, 15) is 18.2 Å². The fourth-order valence-electron chi connectivity index (χ4n) is 2.27. The molecule has 2 N–H and O–H groups in total. The van der Waals surface area contributed by atoms with Gasteiger partial charge in [0.2, 0.25) is 5.91 Å². The van der Waals surface area contributed by atoms with Gasteiger partial charge in [-0.15, -0.1) is 11.3 Å². The molecule has 2 heterocycles. The van der Waals surface area contributed by atoms with E-state index in [4.69, 9.17) is 11.6 Å². The Bertz CT molecular complexity index is 995. The van der Waals surface area contributed by atoms with Crippen molar-refractivity contribution >= 4 is 79.2 Å². The van der Waals surface area contributed by atoms with E-state index < -0.39 is 17.1 Å². The van der Waals surface area contributed by atoms with E-state index in [-0.39, 0.29) is 15.8 Å². The zero-order valence-corrected chi connectivity index (χ0v) is 16.6. The van der Waals surface area contributed by atoms with Gasteiger partial charge in [0.15, 0.2) is 0 Å². The Morgan fingerprint density at radius 3 is 2.80 bits per heavy atom. The molecule has 1 aliphatic heterocycles. The summed E-state index contributed by atoms with van der Waals surface area (Å²) in [6.45, 7) is 1.33. The minimum absolute atomic E-state index is 0.0917. The Morgan fingerprint density at radius 1 is 1.44 bits per heavy atom. The van der Waals surface area contributed by atoms with E-state index in [1.54, 1.807) is 6.07 Å². The number of carbonyl (C=O) groups excluding carboxylic acids is 1. The minimum Gasteiger partial charge on any atom is -0.427 e. The second-order valence-corrected chi connectivity index (χ2v) is 9.73. The van der Waals surface area contributed by atoms with E-state index in [1.165, 1.54) is 42.7 Å². The van der Waals surface area contributed by atoms with Crippen molar-refractivity contribution in [3.8, 4) is 0 Å². The van der Waals surface area contributed by atoms with Gasteiger partial charge in [-0.05, 0) is 45.7 Å².